The first kappa shape index (κ1) is 15.6. The summed E-state index contributed by atoms with van der Waals surface area (Å²) in [5.74, 6) is -4.47. The van der Waals surface area contributed by atoms with E-state index >= 15 is 0 Å². The van der Waals surface area contributed by atoms with Crippen molar-refractivity contribution < 1.29 is 31.8 Å². The Morgan fingerprint density at radius 1 is 1.38 bits per heavy atom. The lowest BCUT2D eigenvalue weighted by Gasteiger charge is -2.17. The molecule has 1 aliphatic carbocycles. The number of sulfonamides is 1. The van der Waals surface area contributed by atoms with Crippen LogP contribution in [-0.4, -0.2) is 38.0 Å². The number of benzene rings is 1. The molecule has 6 nitrogen and oxygen atoms in total. The topological polar surface area (TPSA) is 92.7 Å². The van der Waals surface area contributed by atoms with Crippen molar-refractivity contribution >= 4 is 21.7 Å². The molecule has 0 spiro atoms. The van der Waals surface area contributed by atoms with Gasteiger partial charge < -0.3 is 9.84 Å². The second kappa shape index (κ2) is 5.23. The van der Waals surface area contributed by atoms with Crippen molar-refractivity contribution in [3.63, 3.8) is 0 Å². The van der Waals surface area contributed by atoms with Gasteiger partial charge in [-0.15, -0.1) is 0 Å². The number of ether oxygens (including phenoxy) is 1. The minimum Gasteiger partial charge on any atom is -0.477 e. The van der Waals surface area contributed by atoms with Crippen LogP contribution < -0.4 is 4.72 Å². The number of hydrogen-bond acceptors (Lipinski definition) is 4. The second-order valence-corrected chi connectivity index (χ2v) is 6.92. The average molecular weight is 321 g/mol. The van der Waals surface area contributed by atoms with E-state index < -0.39 is 37.9 Å². The molecule has 1 aromatic carbocycles. The molecule has 116 valence electrons. The first-order valence-corrected chi connectivity index (χ1v) is 7.44. The van der Waals surface area contributed by atoms with Gasteiger partial charge in [0.15, 0.2) is 0 Å². The standard InChI is InChI=1S/C12H13F2NO5S/c1-20-6-12(2-3-12)21(18,19)15-7-4-8(13)10(11(16)17)9(14)5-7/h4-5,15H,2-3,6H2,1H3,(H,16,17). The molecule has 0 aromatic heterocycles. The van der Waals surface area contributed by atoms with Crippen molar-refractivity contribution in [2.75, 3.05) is 18.4 Å². The normalized spacial score (nSPS) is 16.5. The van der Waals surface area contributed by atoms with E-state index in [0.29, 0.717) is 25.0 Å². The molecule has 9 heteroatoms. The van der Waals surface area contributed by atoms with Crippen LogP contribution in [0.4, 0.5) is 14.5 Å². The molecule has 2 N–H and O–H groups in total. The number of nitrogens with one attached hydrogen (secondary N) is 1. The molecule has 1 aromatic rings. The molecule has 0 amide bonds. The number of carbonyl (C=O) groups is 1. The molecule has 1 aliphatic rings. The highest BCUT2D eigenvalue weighted by Gasteiger charge is 2.55. The molecule has 2 rings (SSSR count). The van der Waals surface area contributed by atoms with Crippen molar-refractivity contribution in [2.45, 2.75) is 17.6 Å². The van der Waals surface area contributed by atoms with Gasteiger partial charge in [0.1, 0.15) is 21.9 Å². The Hall–Kier alpha value is -1.74. The maximum atomic E-state index is 13.5. The van der Waals surface area contributed by atoms with Crippen LogP contribution in [0.3, 0.4) is 0 Å². The van der Waals surface area contributed by atoms with Gasteiger partial charge in [-0.2, -0.15) is 0 Å². The van der Waals surface area contributed by atoms with Crippen molar-refractivity contribution in [3.8, 4) is 0 Å². The number of hydrogen-bond donors (Lipinski definition) is 2. The molecule has 0 unspecified atom stereocenters. The van der Waals surface area contributed by atoms with E-state index in [1.165, 1.54) is 7.11 Å². The molecule has 1 fully saturated rings. The number of carboxylic acid groups (broad SMARTS) is 1. The van der Waals surface area contributed by atoms with E-state index in [0.717, 1.165) is 0 Å². The molecular weight excluding hydrogens is 308 g/mol. The third-order valence-corrected chi connectivity index (χ3v) is 5.46. The largest absolute Gasteiger partial charge is 0.477 e. The van der Waals surface area contributed by atoms with E-state index in [2.05, 4.69) is 4.72 Å². The highest BCUT2D eigenvalue weighted by molar-refractivity contribution is 7.94. The highest BCUT2D eigenvalue weighted by Crippen LogP contribution is 2.44. The van der Waals surface area contributed by atoms with Crippen molar-refractivity contribution in [3.05, 3.63) is 29.3 Å². The lowest BCUT2D eigenvalue weighted by atomic mass is 10.2. The summed E-state index contributed by atoms with van der Waals surface area (Å²) in [6.45, 7) is -0.0273. The summed E-state index contributed by atoms with van der Waals surface area (Å²) < 4.78 is 57.2. The molecule has 0 aliphatic heterocycles. The zero-order chi connectivity index (χ0) is 15.8. The van der Waals surface area contributed by atoms with E-state index in [9.17, 15) is 22.0 Å². The van der Waals surface area contributed by atoms with Gasteiger partial charge in [0.05, 0.1) is 12.3 Å². The summed E-state index contributed by atoms with van der Waals surface area (Å²) in [7, 11) is -2.53. The number of anilines is 1. The zero-order valence-corrected chi connectivity index (χ0v) is 11.8. The van der Waals surface area contributed by atoms with Gasteiger partial charge in [-0.3, -0.25) is 4.72 Å². The first-order chi connectivity index (χ1) is 9.72. The van der Waals surface area contributed by atoms with Crippen LogP contribution in [0.5, 0.6) is 0 Å². The fourth-order valence-electron chi connectivity index (χ4n) is 1.99. The molecule has 0 bridgehead atoms. The monoisotopic (exact) mass is 321 g/mol. The molecule has 1 saturated carbocycles. The van der Waals surface area contributed by atoms with Gasteiger partial charge in [-0.1, -0.05) is 0 Å². The van der Waals surface area contributed by atoms with Gasteiger partial charge in [0.2, 0.25) is 10.0 Å². The van der Waals surface area contributed by atoms with Gasteiger partial charge in [0.25, 0.3) is 0 Å². The van der Waals surface area contributed by atoms with Crippen LogP contribution in [0, 0.1) is 11.6 Å². The lowest BCUT2D eigenvalue weighted by Crippen LogP contribution is -2.33. The van der Waals surface area contributed by atoms with Crippen LogP contribution >= 0.6 is 0 Å². The second-order valence-electron chi connectivity index (χ2n) is 4.84. The Morgan fingerprint density at radius 2 is 1.90 bits per heavy atom. The zero-order valence-electron chi connectivity index (χ0n) is 11.0. The van der Waals surface area contributed by atoms with Crippen LogP contribution in [0.2, 0.25) is 0 Å². The number of halogens is 2. The Morgan fingerprint density at radius 3 is 2.29 bits per heavy atom. The fraction of sp³-hybridized carbons (Fsp3) is 0.417. The Kier molecular flexibility index (Phi) is 3.89. The van der Waals surface area contributed by atoms with Gasteiger partial charge in [-0.05, 0) is 25.0 Å². The fourth-order valence-corrected chi connectivity index (χ4v) is 3.55. The molecule has 0 atom stereocenters. The van der Waals surface area contributed by atoms with Gasteiger partial charge >= 0.3 is 5.97 Å². The van der Waals surface area contributed by atoms with Crippen LogP contribution in [0.25, 0.3) is 0 Å². The lowest BCUT2D eigenvalue weighted by molar-refractivity contribution is 0.0686. The number of rotatable bonds is 6. The number of aromatic carboxylic acids is 1. The number of carboxylic acids is 1. The van der Waals surface area contributed by atoms with Crippen LogP contribution in [0.15, 0.2) is 12.1 Å². The number of methoxy groups -OCH3 is 1. The summed E-state index contributed by atoms with van der Waals surface area (Å²) in [5, 5.41) is 8.64. The highest BCUT2D eigenvalue weighted by atomic mass is 32.2. The Labute approximate surface area is 119 Å². The smallest absolute Gasteiger partial charge is 0.341 e. The van der Waals surface area contributed by atoms with Crippen LogP contribution in [-0.2, 0) is 14.8 Å². The third kappa shape index (κ3) is 2.84. The van der Waals surface area contributed by atoms with Crippen molar-refractivity contribution in [1.82, 2.24) is 0 Å². The summed E-state index contributed by atoms with van der Waals surface area (Å²) in [5.41, 5.74) is -1.49. The van der Waals surface area contributed by atoms with E-state index in [1.54, 1.807) is 0 Å². The van der Waals surface area contributed by atoms with Crippen molar-refractivity contribution in [2.24, 2.45) is 0 Å². The molecular formula is C12H13F2NO5S. The SMILES string of the molecule is COCC1(S(=O)(=O)Nc2cc(F)c(C(=O)O)c(F)c2)CC1. The van der Waals surface area contributed by atoms with Gasteiger partial charge in [-0.25, -0.2) is 22.0 Å². The minimum absolute atomic E-state index is 0.0273. The van der Waals surface area contributed by atoms with E-state index in [1.807, 2.05) is 0 Å². The Bertz CT molecular complexity index is 662. The maximum absolute atomic E-state index is 13.5. The third-order valence-electron chi connectivity index (χ3n) is 3.29. The molecule has 0 radical (unpaired) electrons. The predicted molar refractivity (Wildman–Crippen MR) is 69.7 cm³/mol. The van der Waals surface area contributed by atoms with Crippen molar-refractivity contribution in [1.29, 1.82) is 0 Å². The predicted octanol–water partition coefficient (Wildman–Crippen LogP) is 1.58. The molecule has 0 saturated heterocycles. The Balaban J connectivity index is 2.31. The van der Waals surface area contributed by atoms with E-state index in [4.69, 9.17) is 9.84 Å². The summed E-state index contributed by atoms with van der Waals surface area (Å²) in [4.78, 5) is 10.7. The maximum Gasteiger partial charge on any atom is 0.341 e. The summed E-state index contributed by atoms with van der Waals surface area (Å²) in [6, 6.07) is 1.26. The summed E-state index contributed by atoms with van der Waals surface area (Å²) in [6.07, 6.45) is 0.767. The van der Waals surface area contributed by atoms with E-state index in [-0.39, 0.29) is 12.3 Å². The quantitative estimate of drug-likeness (QED) is 0.830. The minimum atomic E-state index is -3.89. The summed E-state index contributed by atoms with van der Waals surface area (Å²) >= 11 is 0. The van der Waals surface area contributed by atoms with Crippen LogP contribution in [0.1, 0.15) is 23.2 Å². The first-order valence-electron chi connectivity index (χ1n) is 5.96. The molecule has 0 heterocycles. The van der Waals surface area contributed by atoms with Gasteiger partial charge in [0, 0.05) is 7.11 Å². The average Bonchev–Trinajstić information content (AvgIpc) is 3.08. The molecule has 21 heavy (non-hydrogen) atoms.